The fourth-order valence-electron chi connectivity index (χ4n) is 0.970. The van der Waals surface area contributed by atoms with E-state index in [1.54, 1.807) is 0 Å². The first-order chi connectivity index (χ1) is 4.86. The Bertz CT molecular complexity index is 271. The molecule has 3 N–H and O–H groups in total. The van der Waals surface area contributed by atoms with Crippen LogP contribution in [0, 0.1) is 0 Å². The minimum Gasteiger partial charge on any atom is -0.307 e. The molecule has 1 aromatic rings. The van der Waals surface area contributed by atoms with Crippen LogP contribution in [0.15, 0.2) is 4.79 Å². The molecule has 1 aliphatic heterocycles. The van der Waals surface area contributed by atoms with Gasteiger partial charge in [0.15, 0.2) is 0 Å². The number of hydrogen-bond acceptors (Lipinski definition) is 3. The maximum Gasteiger partial charge on any atom is 0.340 e. The summed E-state index contributed by atoms with van der Waals surface area (Å²) in [6.45, 7) is 1.01. The number of hydrogen-bond donors (Lipinski definition) is 3. The van der Waals surface area contributed by atoms with Gasteiger partial charge in [0.05, 0.1) is 6.04 Å². The molecule has 1 fully saturated rings. The van der Waals surface area contributed by atoms with Crippen molar-refractivity contribution in [2.75, 3.05) is 6.54 Å². The average Bonchev–Trinajstić information content (AvgIpc) is 2.10. The predicted octanol–water partition coefficient (Wildman–Crippen LogP) is -0.868. The Morgan fingerprint density at radius 3 is 2.80 bits per heavy atom. The molecule has 1 aromatic heterocycles. The van der Waals surface area contributed by atoms with Crippen molar-refractivity contribution in [1.29, 1.82) is 0 Å². The number of nitrogens with one attached hydrogen (secondary N) is 3. The Morgan fingerprint density at radius 1 is 1.60 bits per heavy atom. The Balaban J connectivity index is 2.25. The molecule has 0 spiro atoms. The van der Waals surface area contributed by atoms with Crippen LogP contribution in [0.4, 0.5) is 0 Å². The summed E-state index contributed by atoms with van der Waals surface area (Å²) in [7, 11) is 0. The molecule has 5 nitrogen and oxygen atoms in total. The Labute approximate surface area is 56.8 Å². The summed E-state index contributed by atoms with van der Waals surface area (Å²) in [6.07, 6.45) is 1.06. The van der Waals surface area contributed by atoms with Gasteiger partial charge in [-0.2, -0.15) is 5.10 Å². The van der Waals surface area contributed by atoms with Gasteiger partial charge in [0, 0.05) is 0 Å². The van der Waals surface area contributed by atoms with Crippen LogP contribution < -0.4 is 11.0 Å². The van der Waals surface area contributed by atoms with Gasteiger partial charge in [0.2, 0.25) is 0 Å². The van der Waals surface area contributed by atoms with E-state index in [-0.39, 0.29) is 11.7 Å². The van der Waals surface area contributed by atoms with Gasteiger partial charge in [-0.05, 0) is 13.0 Å². The zero-order valence-electron chi connectivity index (χ0n) is 5.35. The van der Waals surface area contributed by atoms with Gasteiger partial charge in [-0.3, -0.25) is 4.98 Å². The van der Waals surface area contributed by atoms with E-state index in [0.29, 0.717) is 0 Å². The fourth-order valence-corrected chi connectivity index (χ4v) is 0.970. The lowest BCUT2D eigenvalue weighted by molar-refractivity contribution is 0.367. The fraction of sp³-hybridized carbons (Fsp3) is 0.600. The maximum absolute atomic E-state index is 10.5. The SMILES string of the molecule is O=c1[nH]nc(C2CCN2)[nH]1. The van der Waals surface area contributed by atoms with Crippen LogP contribution in [0.3, 0.4) is 0 Å². The molecule has 5 heteroatoms. The third-order valence-corrected chi connectivity index (χ3v) is 1.67. The minimum absolute atomic E-state index is 0.233. The van der Waals surface area contributed by atoms with E-state index < -0.39 is 0 Å². The van der Waals surface area contributed by atoms with Crippen molar-refractivity contribution in [2.45, 2.75) is 12.5 Å². The van der Waals surface area contributed by atoms with Crippen LogP contribution in [-0.4, -0.2) is 21.7 Å². The second kappa shape index (κ2) is 1.95. The lowest BCUT2D eigenvalue weighted by Gasteiger charge is -2.24. The summed E-state index contributed by atoms with van der Waals surface area (Å²) in [5, 5.41) is 9.22. The van der Waals surface area contributed by atoms with Crippen molar-refractivity contribution in [3.05, 3.63) is 16.3 Å². The third-order valence-electron chi connectivity index (χ3n) is 1.67. The van der Waals surface area contributed by atoms with Crippen LogP contribution in [0.5, 0.6) is 0 Å². The van der Waals surface area contributed by atoms with Gasteiger partial charge in [0.25, 0.3) is 0 Å². The second-order valence-electron chi connectivity index (χ2n) is 2.36. The summed E-state index contributed by atoms with van der Waals surface area (Å²) in [6, 6.07) is 0.263. The van der Waals surface area contributed by atoms with Crippen molar-refractivity contribution >= 4 is 0 Å². The molecule has 1 saturated heterocycles. The Hall–Kier alpha value is -1.10. The van der Waals surface area contributed by atoms with Gasteiger partial charge < -0.3 is 5.32 Å². The van der Waals surface area contributed by atoms with Crippen LogP contribution >= 0.6 is 0 Å². The lowest BCUT2D eigenvalue weighted by atomic mass is 10.1. The van der Waals surface area contributed by atoms with Crippen molar-refractivity contribution in [1.82, 2.24) is 20.5 Å². The van der Waals surface area contributed by atoms with Crippen LogP contribution in [-0.2, 0) is 0 Å². The topological polar surface area (TPSA) is 73.6 Å². The van der Waals surface area contributed by atoms with Crippen molar-refractivity contribution in [3.8, 4) is 0 Å². The highest BCUT2D eigenvalue weighted by atomic mass is 16.1. The van der Waals surface area contributed by atoms with E-state index >= 15 is 0 Å². The summed E-state index contributed by atoms with van der Waals surface area (Å²) in [5.74, 6) is 0.719. The number of nitrogens with zero attached hydrogens (tertiary/aromatic N) is 1. The van der Waals surface area contributed by atoms with E-state index in [2.05, 4.69) is 20.5 Å². The van der Waals surface area contributed by atoms with Crippen LogP contribution in [0.25, 0.3) is 0 Å². The molecule has 0 saturated carbocycles. The molecule has 0 radical (unpaired) electrons. The van der Waals surface area contributed by atoms with Crippen LogP contribution in [0.1, 0.15) is 18.3 Å². The smallest absolute Gasteiger partial charge is 0.307 e. The number of aromatic nitrogens is 3. The first-order valence-corrected chi connectivity index (χ1v) is 3.24. The zero-order chi connectivity index (χ0) is 6.97. The van der Waals surface area contributed by atoms with E-state index in [1.165, 1.54) is 0 Å². The molecule has 0 amide bonds. The predicted molar refractivity (Wildman–Crippen MR) is 34.6 cm³/mol. The molecule has 2 rings (SSSR count). The largest absolute Gasteiger partial charge is 0.340 e. The highest BCUT2D eigenvalue weighted by Gasteiger charge is 2.20. The number of H-pyrrole nitrogens is 2. The normalized spacial score (nSPS) is 24.2. The first kappa shape index (κ1) is 5.67. The van der Waals surface area contributed by atoms with Crippen LogP contribution in [0.2, 0.25) is 0 Å². The van der Waals surface area contributed by atoms with Gasteiger partial charge in [-0.15, -0.1) is 0 Å². The zero-order valence-corrected chi connectivity index (χ0v) is 5.35. The Kier molecular flexibility index (Phi) is 1.10. The summed E-state index contributed by atoms with van der Waals surface area (Å²) >= 11 is 0. The summed E-state index contributed by atoms with van der Waals surface area (Å²) < 4.78 is 0. The lowest BCUT2D eigenvalue weighted by Crippen LogP contribution is -2.35. The van der Waals surface area contributed by atoms with Gasteiger partial charge >= 0.3 is 5.69 Å². The summed E-state index contributed by atoms with van der Waals surface area (Å²) in [5.41, 5.74) is -0.233. The quantitative estimate of drug-likeness (QED) is 0.475. The minimum atomic E-state index is -0.233. The van der Waals surface area contributed by atoms with E-state index in [9.17, 15) is 4.79 Å². The van der Waals surface area contributed by atoms with Gasteiger partial charge in [0.1, 0.15) is 5.82 Å². The number of aromatic amines is 2. The van der Waals surface area contributed by atoms with Crippen molar-refractivity contribution in [2.24, 2.45) is 0 Å². The monoisotopic (exact) mass is 140 g/mol. The van der Waals surface area contributed by atoms with Crippen molar-refractivity contribution in [3.63, 3.8) is 0 Å². The third kappa shape index (κ3) is 0.750. The van der Waals surface area contributed by atoms with E-state index in [4.69, 9.17) is 0 Å². The molecular formula is C5H8N4O. The molecule has 2 heterocycles. The van der Waals surface area contributed by atoms with Crippen molar-refractivity contribution < 1.29 is 0 Å². The highest BCUT2D eigenvalue weighted by molar-refractivity contribution is 4.96. The molecule has 1 unspecified atom stereocenters. The first-order valence-electron chi connectivity index (χ1n) is 3.24. The molecule has 0 aliphatic carbocycles. The highest BCUT2D eigenvalue weighted by Crippen LogP contribution is 2.16. The van der Waals surface area contributed by atoms with Gasteiger partial charge in [-0.25, -0.2) is 9.89 Å². The molecule has 10 heavy (non-hydrogen) atoms. The molecule has 0 aromatic carbocycles. The van der Waals surface area contributed by atoms with Gasteiger partial charge in [-0.1, -0.05) is 0 Å². The molecule has 0 bridgehead atoms. The molecule has 54 valence electrons. The summed E-state index contributed by atoms with van der Waals surface area (Å²) in [4.78, 5) is 13.1. The second-order valence-corrected chi connectivity index (χ2v) is 2.36. The Morgan fingerprint density at radius 2 is 2.40 bits per heavy atom. The number of rotatable bonds is 1. The molecular weight excluding hydrogens is 132 g/mol. The molecule has 1 aliphatic rings. The standard InChI is InChI=1S/C5H8N4O/c10-5-7-4(8-9-5)3-1-2-6-3/h3,6H,1-2H2,(H2,7,8,9,10). The maximum atomic E-state index is 10.5. The average molecular weight is 140 g/mol. The molecule has 1 atom stereocenters. The van der Waals surface area contributed by atoms with E-state index in [1.807, 2.05) is 0 Å². The van der Waals surface area contributed by atoms with E-state index in [0.717, 1.165) is 18.8 Å².